The van der Waals surface area contributed by atoms with Crippen molar-refractivity contribution in [3.8, 4) is 11.4 Å². The van der Waals surface area contributed by atoms with E-state index >= 15 is 0 Å². The van der Waals surface area contributed by atoms with Gasteiger partial charge in [0.15, 0.2) is 0 Å². The van der Waals surface area contributed by atoms with Crippen molar-refractivity contribution in [3.05, 3.63) is 94.5 Å². The number of methoxy groups -OCH3 is 1. The van der Waals surface area contributed by atoms with Gasteiger partial charge in [0.05, 0.1) is 41.0 Å². The molecule has 4 aromatic rings. The molecule has 0 aliphatic heterocycles. The van der Waals surface area contributed by atoms with E-state index in [1.807, 2.05) is 20.8 Å². The summed E-state index contributed by atoms with van der Waals surface area (Å²) in [7, 11) is 1.54. The lowest BCUT2D eigenvalue weighted by molar-refractivity contribution is -0.136. The van der Waals surface area contributed by atoms with Crippen molar-refractivity contribution in [2.45, 2.75) is 39.4 Å². The van der Waals surface area contributed by atoms with Gasteiger partial charge in [-0.25, -0.2) is 9.78 Å². The minimum absolute atomic E-state index is 0.0284. The second-order valence-corrected chi connectivity index (χ2v) is 9.77. The Morgan fingerprint density at radius 1 is 1.02 bits per heavy atom. The summed E-state index contributed by atoms with van der Waals surface area (Å²) in [4.78, 5) is 33.8. The van der Waals surface area contributed by atoms with Gasteiger partial charge in [0.25, 0.3) is 5.56 Å². The van der Waals surface area contributed by atoms with Crippen LogP contribution in [0.5, 0.6) is 5.75 Å². The number of hydrogen-bond donors (Lipinski definition) is 1. The third-order valence-electron chi connectivity index (χ3n) is 6.49. The van der Waals surface area contributed by atoms with Crippen LogP contribution in [-0.4, -0.2) is 34.1 Å². The number of anilines is 1. The van der Waals surface area contributed by atoms with E-state index in [1.54, 1.807) is 48.5 Å². The first kappa shape index (κ1) is 28.7. The van der Waals surface area contributed by atoms with Gasteiger partial charge in [-0.05, 0) is 60.9 Å². The van der Waals surface area contributed by atoms with Gasteiger partial charge in [0.1, 0.15) is 11.6 Å². The Balaban J connectivity index is 1.87. The van der Waals surface area contributed by atoms with E-state index in [-0.39, 0.29) is 23.7 Å². The van der Waals surface area contributed by atoms with Crippen molar-refractivity contribution < 1.29 is 22.7 Å². The summed E-state index contributed by atoms with van der Waals surface area (Å²) in [5.74, 6) is 0.874. The van der Waals surface area contributed by atoms with Gasteiger partial charge in [-0.3, -0.25) is 9.36 Å². The standard InChI is InChI=1S/C30H31F3N4O3/c1-5-26(36(18-19(2)3)29(39)35-25-13-9-7-11-23(25)30(31,32)33)27-34-24-12-8-6-10-22(24)28(38)37(27)20-14-16-21(40-4)17-15-20/h6-17,19,26H,5,18H2,1-4H3,(H,35,39). The van der Waals surface area contributed by atoms with Crippen LogP contribution in [0.2, 0.25) is 0 Å². The Kier molecular flexibility index (Phi) is 8.46. The molecule has 0 bridgehead atoms. The molecule has 1 aromatic heterocycles. The zero-order chi connectivity index (χ0) is 29.0. The molecule has 1 N–H and O–H groups in total. The number of nitrogens with zero attached hydrogens (tertiary/aromatic N) is 3. The van der Waals surface area contributed by atoms with E-state index in [0.717, 1.165) is 6.07 Å². The first-order valence-corrected chi connectivity index (χ1v) is 12.9. The third kappa shape index (κ3) is 5.95. The average Bonchev–Trinajstić information content (AvgIpc) is 2.93. The topological polar surface area (TPSA) is 76.5 Å². The van der Waals surface area contributed by atoms with Gasteiger partial charge in [-0.15, -0.1) is 0 Å². The van der Waals surface area contributed by atoms with Gasteiger partial charge >= 0.3 is 12.2 Å². The molecule has 0 saturated heterocycles. The highest BCUT2D eigenvalue weighted by molar-refractivity contribution is 5.90. The zero-order valence-electron chi connectivity index (χ0n) is 22.7. The molecule has 1 atom stereocenters. The maximum atomic E-state index is 13.8. The first-order valence-electron chi connectivity index (χ1n) is 12.9. The van der Waals surface area contributed by atoms with E-state index in [2.05, 4.69) is 5.32 Å². The van der Waals surface area contributed by atoms with Crippen LogP contribution < -0.4 is 15.6 Å². The summed E-state index contributed by atoms with van der Waals surface area (Å²) in [6.45, 7) is 5.86. The number of carbonyl (C=O) groups excluding carboxylic acids is 1. The number of urea groups is 1. The lowest BCUT2D eigenvalue weighted by atomic mass is 10.1. The molecule has 0 radical (unpaired) electrons. The van der Waals surface area contributed by atoms with Crippen LogP contribution in [0.1, 0.15) is 44.6 Å². The number of amides is 2. The highest BCUT2D eigenvalue weighted by Gasteiger charge is 2.35. The minimum Gasteiger partial charge on any atom is -0.497 e. The molecular formula is C30H31F3N4O3. The molecular weight excluding hydrogens is 521 g/mol. The number of aromatic nitrogens is 2. The maximum Gasteiger partial charge on any atom is 0.418 e. The Hall–Kier alpha value is -4.34. The van der Waals surface area contributed by atoms with E-state index in [9.17, 15) is 22.8 Å². The molecule has 0 fully saturated rings. The van der Waals surface area contributed by atoms with E-state index in [4.69, 9.17) is 9.72 Å². The fourth-order valence-electron chi connectivity index (χ4n) is 4.67. The number of carbonyl (C=O) groups is 1. The summed E-state index contributed by atoms with van der Waals surface area (Å²) < 4.78 is 47.7. The van der Waals surface area contributed by atoms with Gasteiger partial charge in [-0.2, -0.15) is 13.2 Å². The number of halogens is 3. The van der Waals surface area contributed by atoms with Gasteiger partial charge in [-0.1, -0.05) is 45.0 Å². The minimum atomic E-state index is -4.65. The average molecular weight is 553 g/mol. The van der Waals surface area contributed by atoms with E-state index < -0.39 is 23.8 Å². The van der Waals surface area contributed by atoms with Crippen LogP contribution in [0.4, 0.5) is 23.7 Å². The maximum absolute atomic E-state index is 13.8. The van der Waals surface area contributed by atoms with Gasteiger partial charge in [0, 0.05) is 6.54 Å². The molecule has 2 amide bonds. The Labute approximate surface area is 230 Å². The second kappa shape index (κ2) is 11.8. The highest BCUT2D eigenvalue weighted by Crippen LogP contribution is 2.35. The summed E-state index contributed by atoms with van der Waals surface area (Å²) in [6, 6.07) is 17.2. The molecule has 10 heteroatoms. The normalized spacial score (nSPS) is 12.4. The molecule has 0 aliphatic rings. The molecule has 210 valence electrons. The van der Waals surface area contributed by atoms with E-state index in [1.165, 1.54) is 34.8 Å². The summed E-state index contributed by atoms with van der Waals surface area (Å²) in [5, 5.41) is 2.87. The van der Waals surface area contributed by atoms with Crippen molar-refractivity contribution in [2.24, 2.45) is 5.92 Å². The molecule has 0 aliphatic carbocycles. The van der Waals surface area contributed by atoms with Crippen LogP contribution >= 0.6 is 0 Å². The van der Waals surface area contributed by atoms with Crippen LogP contribution in [-0.2, 0) is 6.18 Å². The Morgan fingerprint density at radius 3 is 2.30 bits per heavy atom. The molecule has 1 heterocycles. The van der Waals surface area contributed by atoms with Crippen LogP contribution in [0, 0.1) is 5.92 Å². The fraction of sp³-hybridized carbons (Fsp3) is 0.300. The van der Waals surface area contributed by atoms with Crippen molar-refractivity contribution in [2.75, 3.05) is 19.0 Å². The number of benzene rings is 3. The number of para-hydroxylation sites is 2. The predicted octanol–water partition coefficient (Wildman–Crippen LogP) is 7.05. The number of hydrogen-bond acceptors (Lipinski definition) is 4. The van der Waals surface area contributed by atoms with Crippen LogP contribution in [0.3, 0.4) is 0 Å². The molecule has 0 saturated carbocycles. The molecule has 0 spiro atoms. The molecule has 4 rings (SSSR count). The lowest BCUT2D eigenvalue weighted by Gasteiger charge is -2.34. The predicted molar refractivity (Wildman–Crippen MR) is 149 cm³/mol. The largest absolute Gasteiger partial charge is 0.497 e. The summed E-state index contributed by atoms with van der Waals surface area (Å²) >= 11 is 0. The smallest absolute Gasteiger partial charge is 0.418 e. The Morgan fingerprint density at radius 2 is 1.68 bits per heavy atom. The summed E-state index contributed by atoms with van der Waals surface area (Å²) in [6.07, 6.45) is -4.30. The van der Waals surface area contributed by atoms with Gasteiger partial charge in [0.2, 0.25) is 0 Å². The summed E-state index contributed by atoms with van der Waals surface area (Å²) in [5.41, 5.74) is -0.637. The lowest BCUT2D eigenvalue weighted by Crippen LogP contribution is -2.43. The van der Waals surface area contributed by atoms with Gasteiger partial charge < -0.3 is 15.0 Å². The number of ether oxygens (including phenoxy) is 1. The van der Waals surface area contributed by atoms with Crippen LogP contribution in [0.25, 0.3) is 16.6 Å². The third-order valence-corrected chi connectivity index (χ3v) is 6.49. The first-order chi connectivity index (χ1) is 19.0. The molecule has 40 heavy (non-hydrogen) atoms. The molecule has 1 unspecified atom stereocenters. The molecule has 3 aromatic carbocycles. The molecule has 7 nitrogen and oxygen atoms in total. The monoisotopic (exact) mass is 552 g/mol. The van der Waals surface area contributed by atoms with E-state index in [0.29, 0.717) is 34.6 Å². The van der Waals surface area contributed by atoms with Crippen molar-refractivity contribution in [1.29, 1.82) is 0 Å². The Bertz CT molecular complexity index is 1550. The fourth-order valence-corrected chi connectivity index (χ4v) is 4.67. The van der Waals surface area contributed by atoms with Crippen molar-refractivity contribution >= 4 is 22.6 Å². The number of nitrogens with one attached hydrogen (secondary N) is 1. The SMILES string of the molecule is CCC(c1nc2ccccc2c(=O)n1-c1ccc(OC)cc1)N(CC(C)C)C(=O)Nc1ccccc1C(F)(F)F. The quantitative estimate of drug-likeness (QED) is 0.254. The second-order valence-electron chi connectivity index (χ2n) is 9.77. The van der Waals surface area contributed by atoms with Crippen LogP contribution in [0.15, 0.2) is 77.6 Å². The number of rotatable bonds is 8. The number of alkyl halides is 3. The zero-order valence-corrected chi connectivity index (χ0v) is 22.7. The van der Waals surface area contributed by atoms with Crippen molar-refractivity contribution in [1.82, 2.24) is 14.5 Å². The number of fused-ring (bicyclic) bond motifs is 1. The highest BCUT2D eigenvalue weighted by atomic mass is 19.4. The van der Waals surface area contributed by atoms with Crippen molar-refractivity contribution in [3.63, 3.8) is 0 Å².